The lowest BCUT2D eigenvalue weighted by Crippen LogP contribution is -2.30. The van der Waals surface area contributed by atoms with Gasteiger partial charge in [0.2, 0.25) is 5.91 Å². The predicted octanol–water partition coefficient (Wildman–Crippen LogP) is 3.96. The number of hydrogen-bond acceptors (Lipinski definition) is 4. The minimum Gasteiger partial charge on any atom is -0.346 e. The summed E-state index contributed by atoms with van der Waals surface area (Å²) in [5.41, 5.74) is 2.46. The molecule has 0 saturated heterocycles. The Bertz CT molecular complexity index is 1220. The van der Waals surface area contributed by atoms with E-state index < -0.39 is 0 Å². The molecule has 0 saturated carbocycles. The zero-order valence-corrected chi connectivity index (χ0v) is 17.8. The van der Waals surface area contributed by atoms with Crippen molar-refractivity contribution < 1.29 is 4.79 Å². The first-order valence-electron chi connectivity index (χ1n) is 10.7. The Morgan fingerprint density at radius 2 is 1.84 bits per heavy atom. The van der Waals surface area contributed by atoms with Gasteiger partial charge in [0, 0.05) is 13.0 Å². The molecule has 0 aliphatic rings. The summed E-state index contributed by atoms with van der Waals surface area (Å²) < 4.78 is 1.57. The fraction of sp³-hybridized carbons (Fsp3) is 0.333. The fourth-order valence-corrected chi connectivity index (χ4v) is 3.79. The number of hydrogen-bond donors (Lipinski definition) is 2. The van der Waals surface area contributed by atoms with Gasteiger partial charge >= 0.3 is 0 Å². The van der Waals surface area contributed by atoms with Crippen LogP contribution in [0.3, 0.4) is 0 Å². The van der Waals surface area contributed by atoms with Crippen LogP contribution in [-0.4, -0.2) is 25.4 Å². The van der Waals surface area contributed by atoms with Gasteiger partial charge in [-0.2, -0.15) is 0 Å². The van der Waals surface area contributed by atoms with Crippen LogP contribution in [-0.2, 0) is 11.3 Å². The molecule has 2 aromatic heterocycles. The summed E-state index contributed by atoms with van der Waals surface area (Å²) in [4.78, 5) is 37.6. The number of carbonyl (C=O) groups excluding carboxylic acids is 1. The van der Waals surface area contributed by atoms with E-state index in [-0.39, 0.29) is 17.5 Å². The zero-order chi connectivity index (χ0) is 21.8. The highest BCUT2D eigenvalue weighted by Crippen LogP contribution is 2.22. The summed E-state index contributed by atoms with van der Waals surface area (Å²) in [5, 5.41) is 3.71. The fourth-order valence-electron chi connectivity index (χ4n) is 3.79. The molecule has 0 radical (unpaired) electrons. The van der Waals surface area contributed by atoms with E-state index in [1.165, 1.54) is 0 Å². The van der Waals surface area contributed by atoms with Gasteiger partial charge in [-0.15, -0.1) is 0 Å². The molecule has 0 spiro atoms. The highest BCUT2D eigenvalue weighted by Gasteiger charge is 2.19. The van der Waals surface area contributed by atoms with Gasteiger partial charge in [0.25, 0.3) is 5.56 Å². The minimum absolute atomic E-state index is 0.0482. The third-order valence-corrected chi connectivity index (χ3v) is 5.31. The van der Waals surface area contributed by atoms with E-state index in [1.54, 1.807) is 17.0 Å². The first-order valence-corrected chi connectivity index (χ1v) is 10.7. The number of aromatic amines is 1. The van der Waals surface area contributed by atoms with Crippen LogP contribution in [0.4, 0.5) is 0 Å². The maximum Gasteiger partial charge on any atom is 0.261 e. The normalized spacial score (nSPS) is 12.5. The number of amides is 1. The molecule has 0 aliphatic carbocycles. The molecule has 0 fully saturated rings. The monoisotopic (exact) mass is 417 g/mol. The molecule has 0 bridgehead atoms. The van der Waals surface area contributed by atoms with Gasteiger partial charge in [-0.3, -0.25) is 14.2 Å². The Balaban J connectivity index is 1.40. The highest BCUT2D eigenvalue weighted by molar-refractivity contribution is 5.78. The molecule has 2 heterocycles. The maximum atomic E-state index is 12.7. The standard InChI is InChI=1S/C24H27N5O2/c1-16(2)14-21(23-27-19-10-5-6-11-20(19)28-23)26-22(30)12-7-13-29-15-25-18-9-4-3-8-17(18)24(29)31/h3-6,8-11,15-16,21H,7,12-14H2,1-2H3,(H,26,30)(H,27,28)/t21-/m1/s1. The van der Waals surface area contributed by atoms with Crippen molar-refractivity contribution in [2.45, 2.75) is 45.7 Å². The SMILES string of the molecule is CC(C)C[C@@H](NC(=O)CCCn1cnc2ccccc2c1=O)c1nc2ccccc2[nH]1. The second-order valence-electron chi connectivity index (χ2n) is 8.25. The molecule has 2 N–H and O–H groups in total. The van der Waals surface area contributed by atoms with Crippen molar-refractivity contribution >= 4 is 27.8 Å². The van der Waals surface area contributed by atoms with Crippen LogP contribution in [0.25, 0.3) is 21.9 Å². The minimum atomic E-state index is -0.176. The van der Waals surface area contributed by atoms with Crippen molar-refractivity contribution in [3.8, 4) is 0 Å². The van der Waals surface area contributed by atoms with Gasteiger partial charge < -0.3 is 10.3 Å². The number of rotatable bonds is 8. The van der Waals surface area contributed by atoms with Gasteiger partial charge in [-0.25, -0.2) is 9.97 Å². The van der Waals surface area contributed by atoms with Crippen LogP contribution >= 0.6 is 0 Å². The molecule has 1 amide bonds. The molecule has 4 aromatic rings. The quantitative estimate of drug-likeness (QED) is 0.454. The molecule has 7 heteroatoms. The van der Waals surface area contributed by atoms with Crippen molar-refractivity contribution in [2.24, 2.45) is 5.92 Å². The van der Waals surface area contributed by atoms with E-state index in [1.807, 2.05) is 42.5 Å². The Morgan fingerprint density at radius 1 is 1.10 bits per heavy atom. The Hall–Kier alpha value is -3.48. The molecule has 31 heavy (non-hydrogen) atoms. The lowest BCUT2D eigenvalue weighted by atomic mass is 10.0. The summed E-state index contributed by atoms with van der Waals surface area (Å²) >= 11 is 0. The Labute approximate surface area is 180 Å². The summed E-state index contributed by atoms with van der Waals surface area (Å²) in [5.74, 6) is 1.13. The van der Waals surface area contributed by atoms with Crippen LogP contribution in [0.2, 0.25) is 0 Å². The van der Waals surface area contributed by atoms with E-state index in [2.05, 4.69) is 34.1 Å². The summed E-state index contributed by atoms with van der Waals surface area (Å²) in [7, 11) is 0. The van der Waals surface area contributed by atoms with Crippen molar-refractivity contribution in [1.29, 1.82) is 0 Å². The van der Waals surface area contributed by atoms with Crippen LogP contribution in [0, 0.1) is 5.92 Å². The highest BCUT2D eigenvalue weighted by atomic mass is 16.1. The molecule has 4 rings (SSSR count). The van der Waals surface area contributed by atoms with E-state index >= 15 is 0 Å². The van der Waals surface area contributed by atoms with Crippen LogP contribution in [0.15, 0.2) is 59.7 Å². The number of aryl methyl sites for hydroxylation is 1. The zero-order valence-electron chi connectivity index (χ0n) is 17.8. The summed E-state index contributed by atoms with van der Waals surface area (Å²) in [6, 6.07) is 15.0. The average Bonchev–Trinajstić information content (AvgIpc) is 3.19. The largest absolute Gasteiger partial charge is 0.346 e. The smallest absolute Gasteiger partial charge is 0.261 e. The molecule has 7 nitrogen and oxygen atoms in total. The van der Waals surface area contributed by atoms with Gasteiger partial charge in [0.05, 0.1) is 34.3 Å². The van der Waals surface area contributed by atoms with Crippen molar-refractivity contribution in [3.63, 3.8) is 0 Å². The van der Waals surface area contributed by atoms with Crippen LogP contribution in [0.5, 0.6) is 0 Å². The summed E-state index contributed by atoms with van der Waals surface area (Å²) in [6.07, 6.45) is 3.23. The number of nitrogens with one attached hydrogen (secondary N) is 2. The number of aromatic nitrogens is 4. The second kappa shape index (κ2) is 9.12. The second-order valence-corrected chi connectivity index (χ2v) is 8.25. The maximum absolute atomic E-state index is 12.7. The topological polar surface area (TPSA) is 92.7 Å². The van der Waals surface area contributed by atoms with Crippen LogP contribution < -0.4 is 10.9 Å². The molecule has 0 unspecified atom stereocenters. The van der Waals surface area contributed by atoms with E-state index in [4.69, 9.17) is 0 Å². The van der Waals surface area contributed by atoms with E-state index in [0.29, 0.717) is 36.2 Å². The van der Waals surface area contributed by atoms with Gasteiger partial charge in [-0.05, 0) is 43.0 Å². The first kappa shape index (κ1) is 20.8. The van der Waals surface area contributed by atoms with Crippen molar-refractivity contribution in [2.75, 3.05) is 0 Å². The molecule has 0 aliphatic heterocycles. The third kappa shape index (κ3) is 4.82. The summed E-state index contributed by atoms with van der Waals surface area (Å²) in [6.45, 7) is 4.70. The number of carbonyl (C=O) groups is 1. The lowest BCUT2D eigenvalue weighted by Gasteiger charge is -2.19. The van der Waals surface area contributed by atoms with Crippen molar-refractivity contribution in [1.82, 2.24) is 24.8 Å². The predicted molar refractivity (Wildman–Crippen MR) is 122 cm³/mol. The lowest BCUT2D eigenvalue weighted by molar-refractivity contribution is -0.122. The van der Waals surface area contributed by atoms with E-state index in [0.717, 1.165) is 23.3 Å². The molecular formula is C24H27N5O2. The van der Waals surface area contributed by atoms with Gasteiger partial charge in [0.15, 0.2) is 0 Å². The first-order chi connectivity index (χ1) is 15.0. The molecular weight excluding hydrogens is 390 g/mol. The molecule has 2 aromatic carbocycles. The Morgan fingerprint density at radius 3 is 2.61 bits per heavy atom. The number of imidazole rings is 1. The third-order valence-electron chi connectivity index (χ3n) is 5.31. The number of benzene rings is 2. The van der Waals surface area contributed by atoms with Crippen molar-refractivity contribution in [3.05, 3.63) is 71.0 Å². The number of H-pyrrole nitrogens is 1. The number of nitrogens with zero attached hydrogens (tertiary/aromatic N) is 3. The number of fused-ring (bicyclic) bond motifs is 2. The Kier molecular flexibility index (Phi) is 6.11. The van der Waals surface area contributed by atoms with Gasteiger partial charge in [0.1, 0.15) is 5.82 Å². The molecule has 160 valence electrons. The average molecular weight is 418 g/mol. The number of para-hydroxylation sites is 3. The molecule has 1 atom stereocenters. The van der Waals surface area contributed by atoms with E-state index in [9.17, 15) is 9.59 Å². The van der Waals surface area contributed by atoms with Crippen LogP contribution in [0.1, 0.15) is 45.0 Å². The van der Waals surface area contributed by atoms with Gasteiger partial charge in [-0.1, -0.05) is 38.1 Å².